The zero-order valence-electron chi connectivity index (χ0n) is 17.0. The molecular formula is C21H27N3O4S2. The molecule has 1 aliphatic rings. The first kappa shape index (κ1) is 22.5. The van der Waals surface area contributed by atoms with Crippen LogP contribution in [0.2, 0.25) is 0 Å². The zero-order chi connectivity index (χ0) is 21.6. The lowest BCUT2D eigenvalue weighted by molar-refractivity contribution is 0.0953. The minimum Gasteiger partial charge on any atom is -0.411 e. The number of hydrogen-bond donors (Lipinski definition) is 2. The molecule has 0 atom stereocenters. The van der Waals surface area contributed by atoms with Crippen LogP contribution < -0.4 is 5.32 Å². The summed E-state index contributed by atoms with van der Waals surface area (Å²) in [5.74, 6) is 0.289. The number of carbonyl (C=O) groups excluding carboxylic acids is 1. The second-order valence-electron chi connectivity index (χ2n) is 7.49. The Hall–Kier alpha value is -2.23. The van der Waals surface area contributed by atoms with Gasteiger partial charge in [-0.2, -0.15) is 4.31 Å². The van der Waals surface area contributed by atoms with Crippen molar-refractivity contribution >= 4 is 33.0 Å². The number of amides is 1. The molecule has 0 unspecified atom stereocenters. The minimum absolute atomic E-state index is 0.216. The van der Waals surface area contributed by atoms with Gasteiger partial charge in [0.05, 0.1) is 15.5 Å². The van der Waals surface area contributed by atoms with Gasteiger partial charge < -0.3 is 10.5 Å². The van der Waals surface area contributed by atoms with Gasteiger partial charge in [-0.1, -0.05) is 18.1 Å². The van der Waals surface area contributed by atoms with Crippen molar-refractivity contribution in [3.05, 3.63) is 52.2 Å². The molecule has 0 aliphatic carbocycles. The van der Waals surface area contributed by atoms with Gasteiger partial charge in [0.2, 0.25) is 10.0 Å². The Labute approximate surface area is 181 Å². The molecule has 1 fully saturated rings. The third-order valence-corrected chi connectivity index (χ3v) is 8.13. The van der Waals surface area contributed by atoms with Crippen LogP contribution in [0.15, 0.2) is 51.8 Å². The SMILES string of the molecule is CC1CCN(S(=O)(=O)c2ccc(C(=O)NCCCC(=NO)c3cccs3)cc2)CC1. The van der Waals surface area contributed by atoms with E-state index in [0.717, 1.165) is 17.7 Å². The van der Waals surface area contributed by atoms with Gasteiger partial charge in [0.15, 0.2) is 0 Å². The molecule has 7 nitrogen and oxygen atoms in total. The summed E-state index contributed by atoms with van der Waals surface area (Å²) >= 11 is 1.50. The number of carbonyl (C=O) groups is 1. The second-order valence-corrected chi connectivity index (χ2v) is 10.4. The van der Waals surface area contributed by atoms with E-state index in [1.807, 2.05) is 17.5 Å². The fourth-order valence-electron chi connectivity index (χ4n) is 3.38. The number of oxime groups is 1. The molecule has 9 heteroatoms. The molecule has 0 bridgehead atoms. The summed E-state index contributed by atoms with van der Waals surface area (Å²) in [4.78, 5) is 13.5. The van der Waals surface area contributed by atoms with E-state index in [4.69, 9.17) is 5.21 Å². The van der Waals surface area contributed by atoms with Crippen molar-refractivity contribution in [3.8, 4) is 0 Å². The third kappa shape index (κ3) is 5.47. The Bertz CT molecular complexity index is 962. The van der Waals surface area contributed by atoms with Crippen LogP contribution in [0.1, 0.15) is 47.8 Å². The maximum Gasteiger partial charge on any atom is 0.251 e. The highest BCUT2D eigenvalue weighted by Crippen LogP contribution is 2.23. The number of rotatable bonds is 8. The van der Waals surface area contributed by atoms with Gasteiger partial charge in [0.1, 0.15) is 0 Å². The largest absolute Gasteiger partial charge is 0.411 e. The highest BCUT2D eigenvalue weighted by molar-refractivity contribution is 7.89. The number of sulfonamides is 1. The molecule has 3 rings (SSSR count). The normalized spacial score (nSPS) is 16.5. The molecule has 1 aromatic carbocycles. The van der Waals surface area contributed by atoms with Crippen LogP contribution in [0.25, 0.3) is 0 Å². The van der Waals surface area contributed by atoms with Gasteiger partial charge in [0, 0.05) is 25.2 Å². The maximum atomic E-state index is 12.8. The van der Waals surface area contributed by atoms with E-state index >= 15 is 0 Å². The van der Waals surface area contributed by atoms with E-state index in [1.54, 1.807) is 12.1 Å². The molecule has 162 valence electrons. The number of piperidine rings is 1. The summed E-state index contributed by atoms with van der Waals surface area (Å²) in [5.41, 5.74) is 1.01. The van der Waals surface area contributed by atoms with E-state index in [1.165, 1.54) is 27.8 Å². The van der Waals surface area contributed by atoms with Gasteiger partial charge in [0.25, 0.3) is 5.91 Å². The first-order valence-electron chi connectivity index (χ1n) is 10.0. The summed E-state index contributed by atoms with van der Waals surface area (Å²) in [5, 5.41) is 17.2. The van der Waals surface area contributed by atoms with Gasteiger partial charge in [-0.05, 0) is 67.3 Å². The molecule has 30 heavy (non-hydrogen) atoms. The summed E-state index contributed by atoms with van der Waals surface area (Å²) in [6, 6.07) is 9.86. The fourth-order valence-corrected chi connectivity index (χ4v) is 5.59. The summed E-state index contributed by atoms with van der Waals surface area (Å²) in [6.07, 6.45) is 2.91. The fraction of sp³-hybridized carbons (Fsp3) is 0.429. The van der Waals surface area contributed by atoms with Crippen LogP contribution in [-0.2, 0) is 10.0 Å². The summed E-state index contributed by atoms with van der Waals surface area (Å²) in [6.45, 7) is 3.64. The number of hydrogen-bond acceptors (Lipinski definition) is 6. The maximum absolute atomic E-state index is 12.8. The topological polar surface area (TPSA) is 99.1 Å². The van der Waals surface area contributed by atoms with Gasteiger partial charge in [-0.15, -0.1) is 11.3 Å². The average molecular weight is 450 g/mol. The molecular weight excluding hydrogens is 422 g/mol. The molecule has 0 spiro atoms. The standard InChI is InChI=1S/C21H27N3O4S2/c1-16-10-13-24(14-11-16)30(27,28)18-8-6-17(7-9-18)21(25)22-12-2-4-19(23-26)20-5-3-15-29-20/h3,5-9,15-16,26H,2,4,10-14H2,1H3,(H,22,25). The third-order valence-electron chi connectivity index (χ3n) is 5.30. The van der Waals surface area contributed by atoms with Crippen molar-refractivity contribution in [1.29, 1.82) is 0 Å². The van der Waals surface area contributed by atoms with Crippen molar-refractivity contribution in [2.45, 2.75) is 37.5 Å². The molecule has 2 aromatic rings. The van der Waals surface area contributed by atoms with Gasteiger partial charge in [-0.25, -0.2) is 8.42 Å². The zero-order valence-corrected chi connectivity index (χ0v) is 18.6. The Morgan fingerprint density at radius 3 is 2.53 bits per heavy atom. The first-order valence-corrected chi connectivity index (χ1v) is 12.4. The lowest BCUT2D eigenvalue weighted by Crippen LogP contribution is -2.37. The van der Waals surface area contributed by atoms with Crippen LogP contribution in [0.4, 0.5) is 0 Å². The van der Waals surface area contributed by atoms with Crippen molar-refractivity contribution in [2.24, 2.45) is 11.1 Å². The molecule has 0 saturated carbocycles. The smallest absolute Gasteiger partial charge is 0.251 e. The molecule has 1 saturated heterocycles. The van der Waals surface area contributed by atoms with Crippen molar-refractivity contribution in [1.82, 2.24) is 9.62 Å². The van der Waals surface area contributed by atoms with E-state index in [2.05, 4.69) is 17.4 Å². The Morgan fingerprint density at radius 2 is 1.93 bits per heavy atom. The van der Waals surface area contributed by atoms with Crippen LogP contribution in [0.3, 0.4) is 0 Å². The highest BCUT2D eigenvalue weighted by Gasteiger charge is 2.28. The van der Waals surface area contributed by atoms with Crippen LogP contribution in [0, 0.1) is 5.92 Å². The molecule has 0 radical (unpaired) electrons. The Kier molecular flexibility index (Phi) is 7.63. The highest BCUT2D eigenvalue weighted by atomic mass is 32.2. The molecule has 1 aromatic heterocycles. The first-order chi connectivity index (χ1) is 14.4. The van der Waals surface area contributed by atoms with E-state index < -0.39 is 10.0 Å². The Balaban J connectivity index is 1.51. The van der Waals surface area contributed by atoms with Crippen LogP contribution in [0.5, 0.6) is 0 Å². The van der Waals surface area contributed by atoms with Gasteiger partial charge in [-0.3, -0.25) is 4.79 Å². The number of nitrogens with zero attached hydrogens (tertiary/aromatic N) is 2. The van der Waals surface area contributed by atoms with E-state index in [9.17, 15) is 13.2 Å². The number of nitrogens with one attached hydrogen (secondary N) is 1. The molecule has 1 aliphatic heterocycles. The summed E-state index contributed by atoms with van der Waals surface area (Å²) in [7, 11) is -3.52. The predicted octanol–water partition coefficient (Wildman–Crippen LogP) is 3.56. The second kappa shape index (κ2) is 10.2. The monoisotopic (exact) mass is 449 g/mol. The number of thiophene rings is 1. The van der Waals surface area contributed by atoms with E-state index in [-0.39, 0.29) is 10.8 Å². The Morgan fingerprint density at radius 1 is 1.23 bits per heavy atom. The predicted molar refractivity (Wildman–Crippen MR) is 118 cm³/mol. The quantitative estimate of drug-likeness (QED) is 0.279. The van der Waals surface area contributed by atoms with Crippen molar-refractivity contribution in [3.63, 3.8) is 0 Å². The average Bonchev–Trinajstić information content (AvgIpc) is 3.28. The molecule has 1 amide bonds. The van der Waals surface area contributed by atoms with Gasteiger partial charge >= 0.3 is 0 Å². The van der Waals surface area contributed by atoms with E-state index in [0.29, 0.717) is 49.7 Å². The minimum atomic E-state index is -3.52. The van der Waals surface area contributed by atoms with Crippen molar-refractivity contribution < 1.29 is 18.4 Å². The molecule has 2 N–H and O–H groups in total. The van der Waals surface area contributed by atoms with Crippen LogP contribution >= 0.6 is 11.3 Å². The van der Waals surface area contributed by atoms with Crippen LogP contribution in [-0.4, -0.2) is 49.2 Å². The number of benzene rings is 1. The lowest BCUT2D eigenvalue weighted by Gasteiger charge is -2.29. The summed E-state index contributed by atoms with van der Waals surface area (Å²) < 4.78 is 27.1. The lowest BCUT2D eigenvalue weighted by atomic mass is 10.0. The van der Waals surface area contributed by atoms with Crippen molar-refractivity contribution in [2.75, 3.05) is 19.6 Å². The molecule has 2 heterocycles.